The molecule has 3 aromatic rings. The van der Waals surface area contributed by atoms with Crippen LogP contribution in [0.1, 0.15) is 11.6 Å². The molecule has 2 amide bonds. The van der Waals surface area contributed by atoms with Gasteiger partial charge in [0.25, 0.3) is 5.91 Å². The SMILES string of the molecule is O=C1[C@H]2[C@@H](ON(c3ccccc3)[C@H]2c2ccccc2)C(=O)N1c1ccc(Cl)c(F)c1. The highest BCUT2D eigenvalue weighted by atomic mass is 35.5. The fourth-order valence-corrected chi connectivity index (χ4v) is 4.20. The van der Waals surface area contributed by atoms with Crippen molar-refractivity contribution >= 4 is 34.8 Å². The first-order valence-corrected chi connectivity index (χ1v) is 9.83. The second-order valence-corrected chi connectivity index (χ2v) is 7.59. The maximum absolute atomic E-state index is 14.0. The molecule has 5 rings (SSSR count). The molecule has 0 N–H and O–H groups in total. The van der Waals surface area contributed by atoms with Crippen LogP contribution in [0.5, 0.6) is 0 Å². The van der Waals surface area contributed by atoms with Crippen molar-refractivity contribution in [2.24, 2.45) is 5.92 Å². The molecule has 3 aromatic carbocycles. The minimum atomic E-state index is -0.998. The van der Waals surface area contributed by atoms with Crippen LogP contribution in [-0.4, -0.2) is 17.9 Å². The number of rotatable bonds is 3. The molecule has 0 saturated carbocycles. The Morgan fingerprint density at radius 3 is 2.17 bits per heavy atom. The Balaban J connectivity index is 1.58. The van der Waals surface area contributed by atoms with Gasteiger partial charge >= 0.3 is 0 Å². The summed E-state index contributed by atoms with van der Waals surface area (Å²) >= 11 is 5.75. The van der Waals surface area contributed by atoms with E-state index >= 15 is 0 Å². The van der Waals surface area contributed by atoms with Crippen LogP contribution < -0.4 is 9.96 Å². The van der Waals surface area contributed by atoms with E-state index in [0.717, 1.165) is 22.2 Å². The molecule has 0 bridgehead atoms. The number of hydrogen-bond acceptors (Lipinski definition) is 4. The van der Waals surface area contributed by atoms with Crippen LogP contribution in [0.2, 0.25) is 5.02 Å². The summed E-state index contributed by atoms with van der Waals surface area (Å²) in [6, 6.07) is 22.1. The van der Waals surface area contributed by atoms with Gasteiger partial charge in [-0.3, -0.25) is 14.4 Å². The van der Waals surface area contributed by atoms with Gasteiger partial charge < -0.3 is 0 Å². The van der Waals surface area contributed by atoms with Gasteiger partial charge in [0, 0.05) is 0 Å². The number of amides is 2. The molecule has 0 spiro atoms. The second kappa shape index (κ2) is 7.23. The Labute approximate surface area is 177 Å². The number of hydroxylamine groups is 1. The van der Waals surface area contributed by atoms with Crippen molar-refractivity contribution in [3.63, 3.8) is 0 Å². The minimum absolute atomic E-state index is 0.0771. The molecular formula is C23H16ClFN2O3. The Hall–Kier alpha value is -3.22. The summed E-state index contributed by atoms with van der Waals surface area (Å²) in [6.45, 7) is 0. The number of hydrogen-bond donors (Lipinski definition) is 0. The molecule has 2 aliphatic heterocycles. The third-order valence-electron chi connectivity index (χ3n) is 5.43. The smallest absolute Gasteiger partial charge is 0.266 e. The van der Waals surface area contributed by atoms with Gasteiger partial charge in [-0.2, -0.15) is 0 Å². The molecule has 2 heterocycles. The molecule has 2 saturated heterocycles. The van der Waals surface area contributed by atoms with Gasteiger partial charge in [-0.15, -0.1) is 0 Å². The maximum atomic E-state index is 14.0. The molecule has 2 aliphatic rings. The zero-order chi connectivity index (χ0) is 20.8. The lowest BCUT2D eigenvalue weighted by Crippen LogP contribution is -2.37. The van der Waals surface area contributed by atoms with Gasteiger partial charge in [-0.1, -0.05) is 60.1 Å². The van der Waals surface area contributed by atoms with Gasteiger partial charge in [-0.05, 0) is 35.9 Å². The van der Waals surface area contributed by atoms with Crippen molar-refractivity contribution in [2.45, 2.75) is 12.1 Å². The molecule has 0 aliphatic carbocycles. The van der Waals surface area contributed by atoms with E-state index in [1.807, 2.05) is 60.7 Å². The molecule has 30 heavy (non-hydrogen) atoms. The first-order valence-electron chi connectivity index (χ1n) is 9.45. The van der Waals surface area contributed by atoms with Gasteiger partial charge in [0.1, 0.15) is 11.7 Å². The number of imide groups is 1. The first-order chi connectivity index (χ1) is 14.6. The number of benzene rings is 3. The summed E-state index contributed by atoms with van der Waals surface area (Å²) in [5, 5.41) is 1.55. The second-order valence-electron chi connectivity index (χ2n) is 7.18. The molecule has 5 nitrogen and oxygen atoms in total. The van der Waals surface area contributed by atoms with E-state index < -0.39 is 35.7 Å². The van der Waals surface area contributed by atoms with Crippen molar-refractivity contribution in [2.75, 3.05) is 9.96 Å². The highest BCUT2D eigenvalue weighted by Gasteiger charge is 2.60. The van der Waals surface area contributed by atoms with Gasteiger partial charge in [-0.25, -0.2) is 14.4 Å². The predicted octanol–water partition coefficient (Wildman–Crippen LogP) is 4.53. The number of para-hydroxylation sites is 1. The zero-order valence-electron chi connectivity index (χ0n) is 15.6. The largest absolute Gasteiger partial charge is 0.273 e. The Kier molecular flexibility index (Phi) is 4.53. The van der Waals surface area contributed by atoms with Crippen LogP contribution in [0.15, 0.2) is 78.9 Å². The van der Waals surface area contributed by atoms with E-state index in [-0.39, 0.29) is 10.7 Å². The summed E-state index contributed by atoms with van der Waals surface area (Å²) in [5.41, 5.74) is 1.73. The average molecular weight is 423 g/mol. The monoisotopic (exact) mass is 422 g/mol. The van der Waals surface area contributed by atoms with Crippen molar-refractivity contribution in [1.82, 2.24) is 0 Å². The summed E-state index contributed by atoms with van der Waals surface area (Å²) in [5.74, 6) is -2.41. The van der Waals surface area contributed by atoms with Crippen LogP contribution in [0.4, 0.5) is 15.8 Å². The minimum Gasteiger partial charge on any atom is -0.273 e. The van der Waals surface area contributed by atoms with E-state index in [9.17, 15) is 14.0 Å². The Morgan fingerprint density at radius 2 is 1.50 bits per heavy atom. The molecule has 7 heteroatoms. The molecule has 0 aromatic heterocycles. The molecule has 0 radical (unpaired) electrons. The average Bonchev–Trinajstić information content (AvgIpc) is 3.28. The number of carbonyl (C=O) groups is 2. The van der Waals surface area contributed by atoms with Crippen molar-refractivity contribution < 1.29 is 18.8 Å². The first kappa shape index (κ1) is 18.8. The quantitative estimate of drug-likeness (QED) is 0.582. The van der Waals surface area contributed by atoms with E-state index in [4.69, 9.17) is 16.4 Å². The number of halogens is 2. The Morgan fingerprint density at radius 1 is 0.833 bits per heavy atom. The summed E-state index contributed by atoms with van der Waals surface area (Å²) < 4.78 is 14.0. The number of carbonyl (C=O) groups excluding carboxylic acids is 2. The summed E-state index contributed by atoms with van der Waals surface area (Å²) in [7, 11) is 0. The fourth-order valence-electron chi connectivity index (χ4n) is 4.08. The Bertz CT molecular complexity index is 1130. The molecule has 2 fully saturated rings. The lowest BCUT2D eigenvalue weighted by molar-refractivity contribution is -0.126. The summed E-state index contributed by atoms with van der Waals surface area (Å²) in [4.78, 5) is 33.6. The highest BCUT2D eigenvalue weighted by molar-refractivity contribution is 6.31. The predicted molar refractivity (Wildman–Crippen MR) is 110 cm³/mol. The molecule has 150 valence electrons. The van der Waals surface area contributed by atoms with E-state index in [2.05, 4.69) is 0 Å². The van der Waals surface area contributed by atoms with Crippen LogP contribution in [0.25, 0.3) is 0 Å². The van der Waals surface area contributed by atoms with E-state index in [1.165, 1.54) is 12.1 Å². The third-order valence-corrected chi connectivity index (χ3v) is 5.74. The van der Waals surface area contributed by atoms with Crippen molar-refractivity contribution in [1.29, 1.82) is 0 Å². The summed E-state index contributed by atoms with van der Waals surface area (Å²) in [6.07, 6.45) is -0.998. The lowest BCUT2D eigenvalue weighted by atomic mass is 9.90. The van der Waals surface area contributed by atoms with Crippen molar-refractivity contribution in [3.05, 3.63) is 95.3 Å². The number of anilines is 2. The lowest BCUT2D eigenvalue weighted by Gasteiger charge is -2.28. The van der Waals surface area contributed by atoms with E-state index in [0.29, 0.717) is 0 Å². The normalized spacial score (nSPS) is 23.2. The number of nitrogens with zero attached hydrogens (tertiary/aromatic N) is 2. The third kappa shape index (κ3) is 2.88. The van der Waals surface area contributed by atoms with Crippen molar-refractivity contribution in [3.8, 4) is 0 Å². The fraction of sp³-hybridized carbons (Fsp3) is 0.130. The molecule has 3 atom stereocenters. The number of fused-ring (bicyclic) bond motifs is 1. The molecular weight excluding hydrogens is 407 g/mol. The topological polar surface area (TPSA) is 49.9 Å². The van der Waals surface area contributed by atoms with Crippen LogP contribution >= 0.6 is 11.6 Å². The van der Waals surface area contributed by atoms with Crippen LogP contribution in [0, 0.1) is 11.7 Å². The van der Waals surface area contributed by atoms with Crippen LogP contribution in [0.3, 0.4) is 0 Å². The van der Waals surface area contributed by atoms with Gasteiger partial charge in [0.05, 0.1) is 22.4 Å². The van der Waals surface area contributed by atoms with Gasteiger partial charge in [0.15, 0.2) is 6.10 Å². The molecule has 0 unspecified atom stereocenters. The van der Waals surface area contributed by atoms with E-state index in [1.54, 1.807) is 5.06 Å². The van der Waals surface area contributed by atoms with Crippen LogP contribution in [-0.2, 0) is 14.4 Å². The standard InChI is InChI=1S/C23H16ClFN2O3/c24-17-12-11-16(13-18(17)25)26-22(28)19-20(14-7-3-1-4-8-14)27(30-21(19)23(26)29)15-9-5-2-6-10-15/h1-13,19-21H/t19-,20+,21-/m1/s1. The maximum Gasteiger partial charge on any atom is 0.266 e. The highest BCUT2D eigenvalue weighted by Crippen LogP contribution is 2.47. The van der Waals surface area contributed by atoms with Gasteiger partial charge in [0.2, 0.25) is 5.91 Å². The zero-order valence-corrected chi connectivity index (χ0v) is 16.4.